The molecule has 7 nitrogen and oxygen atoms in total. The van der Waals surface area contributed by atoms with E-state index in [2.05, 4.69) is 31.3 Å². The number of benzene rings is 2. The van der Waals surface area contributed by atoms with Crippen molar-refractivity contribution in [2.24, 2.45) is 4.99 Å². The molecule has 0 spiro atoms. The molecule has 3 aromatic rings. The SMILES string of the molecule is Cc1[nH]n(-c2ccc(Br)cc2)c(=O)c1C=NC(=O)Nc1ccc(SC#N)cc1. The number of hydrogen-bond acceptors (Lipinski definition) is 4. The maximum Gasteiger partial charge on any atom is 0.345 e. The van der Waals surface area contributed by atoms with Gasteiger partial charge in [-0.25, -0.2) is 14.5 Å². The molecule has 0 radical (unpaired) electrons. The Morgan fingerprint density at radius 3 is 2.57 bits per heavy atom. The van der Waals surface area contributed by atoms with Crippen molar-refractivity contribution in [3.8, 4) is 11.1 Å². The summed E-state index contributed by atoms with van der Waals surface area (Å²) >= 11 is 4.39. The van der Waals surface area contributed by atoms with Gasteiger partial charge >= 0.3 is 6.03 Å². The van der Waals surface area contributed by atoms with Crippen LogP contribution in [0.1, 0.15) is 11.3 Å². The molecule has 2 aromatic carbocycles. The Morgan fingerprint density at radius 2 is 1.93 bits per heavy atom. The highest BCUT2D eigenvalue weighted by Crippen LogP contribution is 2.19. The summed E-state index contributed by atoms with van der Waals surface area (Å²) < 4.78 is 2.30. The molecule has 140 valence electrons. The predicted octanol–water partition coefficient (Wildman–Crippen LogP) is 4.46. The first kappa shape index (κ1) is 19.7. The number of urea groups is 1. The zero-order valence-electron chi connectivity index (χ0n) is 14.6. The van der Waals surface area contributed by atoms with Crippen molar-refractivity contribution < 1.29 is 4.79 Å². The monoisotopic (exact) mass is 455 g/mol. The summed E-state index contributed by atoms with van der Waals surface area (Å²) in [6.45, 7) is 1.74. The van der Waals surface area contributed by atoms with Gasteiger partial charge in [-0.2, -0.15) is 5.26 Å². The molecule has 0 fully saturated rings. The smallest absolute Gasteiger partial charge is 0.306 e. The Kier molecular flexibility index (Phi) is 6.13. The van der Waals surface area contributed by atoms with Gasteiger partial charge in [-0.1, -0.05) is 15.9 Å². The van der Waals surface area contributed by atoms with E-state index in [0.29, 0.717) is 22.6 Å². The lowest BCUT2D eigenvalue weighted by Crippen LogP contribution is -2.17. The lowest BCUT2D eigenvalue weighted by Gasteiger charge is -2.01. The van der Waals surface area contributed by atoms with Crippen molar-refractivity contribution in [3.05, 3.63) is 74.6 Å². The molecule has 0 bridgehead atoms. The zero-order valence-corrected chi connectivity index (χ0v) is 17.0. The molecule has 0 aliphatic carbocycles. The van der Waals surface area contributed by atoms with Crippen molar-refractivity contribution in [1.82, 2.24) is 9.78 Å². The average Bonchev–Trinajstić information content (AvgIpc) is 2.96. The molecule has 2 N–H and O–H groups in total. The molecule has 0 unspecified atom stereocenters. The minimum absolute atomic E-state index is 0.297. The Balaban J connectivity index is 1.75. The summed E-state index contributed by atoms with van der Waals surface area (Å²) in [6, 6.07) is 13.5. The van der Waals surface area contributed by atoms with Gasteiger partial charge in [0, 0.05) is 27.0 Å². The molecule has 0 saturated heterocycles. The van der Waals surface area contributed by atoms with Crippen LogP contribution in [0.25, 0.3) is 5.69 Å². The van der Waals surface area contributed by atoms with E-state index in [-0.39, 0.29) is 5.56 Å². The summed E-state index contributed by atoms with van der Waals surface area (Å²) in [5.74, 6) is 0. The topological polar surface area (TPSA) is 103 Å². The summed E-state index contributed by atoms with van der Waals surface area (Å²) in [5.41, 5.74) is 1.83. The van der Waals surface area contributed by atoms with E-state index in [1.54, 1.807) is 43.3 Å². The van der Waals surface area contributed by atoms with E-state index in [0.717, 1.165) is 21.1 Å². The van der Waals surface area contributed by atoms with Gasteiger partial charge in [-0.3, -0.25) is 9.89 Å². The Bertz CT molecular complexity index is 1130. The first-order chi connectivity index (χ1) is 13.5. The van der Waals surface area contributed by atoms with Crippen molar-refractivity contribution in [3.63, 3.8) is 0 Å². The second kappa shape index (κ2) is 8.73. The van der Waals surface area contributed by atoms with E-state index in [9.17, 15) is 9.59 Å². The standard InChI is InChI=1S/C19H14BrN5O2S/c1-12-17(18(26)25(24-12)15-6-2-13(20)3-7-15)10-22-19(27)23-14-4-8-16(9-5-14)28-11-21/h2-10,24H,1H3,(H,23,27). The molecule has 9 heteroatoms. The van der Waals surface area contributed by atoms with E-state index >= 15 is 0 Å². The molecule has 3 rings (SSSR count). The van der Waals surface area contributed by atoms with E-state index in [1.807, 2.05) is 17.5 Å². The summed E-state index contributed by atoms with van der Waals surface area (Å²) in [7, 11) is 0. The van der Waals surface area contributed by atoms with Crippen LogP contribution in [0.2, 0.25) is 0 Å². The number of hydrogen-bond donors (Lipinski definition) is 2. The highest BCUT2D eigenvalue weighted by molar-refractivity contribution is 9.10. The molecular weight excluding hydrogens is 442 g/mol. The fraction of sp³-hybridized carbons (Fsp3) is 0.0526. The molecule has 28 heavy (non-hydrogen) atoms. The first-order valence-electron chi connectivity index (χ1n) is 8.06. The Labute approximate surface area is 173 Å². The number of amides is 2. The van der Waals surface area contributed by atoms with Gasteiger partial charge in [0.25, 0.3) is 5.56 Å². The fourth-order valence-corrected chi connectivity index (χ4v) is 3.06. The number of thiocyanates is 1. The second-order valence-electron chi connectivity index (χ2n) is 5.67. The molecule has 0 atom stereocenters. The van der Waals surface area contributed by atoms with Gasteiger partial charge in [0.2, 0.25) is 0 Å². The lowest BCUT2D eigenvalue weighted by atomic mass is 10.3. The van der Waals surface area contributed by atoms with Gasteiger partial charge in [0.1, 0.15) is 5.40 Å². The van der Waals surface area contributed by atoms with Crippen LogP contribution in [0.5, 0.6) is 0 Å². The van der Waals surface area contributed by atoms with Crippen molar-refractivity contribution >= 4 is 45.6 Å². The van der Waals surface area contributed by atoms with E-state index < -0.39 is 6.03 Å². The summed E-state index contributed by atoms with van der Waals surface area (Å²) in [6.07, 6.45) is 1.25. The Hall–Kier alpha value is -3.09. The average molecular weight is 456 g/mol. The number of carbonyl (C=O) groups is 1. The number of aromatic amines is 1. The molecular formula is C19H14BrN5O2S. The number of H-pyrrole nitrogens is 1. The summed E-state index contributed by atoms with van der Waals surface area (Å²) in [5, 5.41) is 16.2. The molecule has 2 amide bonds. The van der Waals surface area contributed by atoms with Crippen molar-refractivity contribution in [2.45, 2.75) is 11.8 Å². The van der Waals surface area contributed by atoms with Crippen molar-refractivity contribution in [2.75, 3.05) is 5.32 Å². The Morgan fingerprint density at radius 1 is 1.25 bits per heavy atom. The van der Waals surface area contributed by atoms with Crippen LogP contribution in [0, 0.1) is 17.6 Å². The maximum absolute atomic E-state index is 12.6. The third-order valence-corrected chi connectivity index (χ3v) is 4.91. The number of aliphatic imine (C=N–C) groups is 1. The third kappa shape index (κ3) is 4.60. The number of nitrogens with zero attached hydrogens (tertiary/aromatic N) is 3. The lowest BCUT2D eigenvalue weighted by molar-refractivity contribution is 0.259. The fourth-order valence-electron chi connectivity index (χ4n) is 2.42. The van der Waals surface area contributed by atoms with Gasteiger partial charge < -0.3 is 5.32 Å². The largest absolute Gasteiger partial charge is 0.345 e. The van der Waals surface area contributed by atoms with E-state index in [4.69, 9.17) is 5.26 Å². The van der Waals surface area contributed by atoms with Crippen LogP contribution in [0.4, 0.5) is 10.5 Å². The van der Waals surface area contributed by atoms with Gasteiger partial charge in [0.15, 0.2) is 0 Å². The van der Waals surface area contributed by atoms with E-state index in [1.165, 1.54) is 10.9 Å². The zero-order chi connectivity index (χ0) is 20.1. The highest BCUT2D eigenvalue weighted by Gasteiger charge is 2.11. The quantitative estimate of drug-likeness (QED) is 0.344. The first-order valence-corrected chi connectivity index (χ1v) is 9.67. The number of carbonyl (C=O) groups excluding carboxylic acids is 1. The maximum atomic E-state index is 12.6. The number of aromatic nitrogens is 2. The number of nitrogens with one attached hydrogen (secondary N) is 2. The number of halogens is 1. The number of anilines is 1. The number of thioether (sulfide) groups is 1. The highest BCUT2D eigenvalue weighted by atomic mass is 79.9. The van der Waals surface area contributed by atoms with Crippen LogP contribution in [-0.4, -0.2) is 22.0 Å². The minimum atomic E-state index is -0.601. The third-order valence-electron chi connectivity index (χ3n) is 3.78. The van der Waals surface area contributed by atoms with Crippen LogP contribution >= 0.6 is 27.7 Å². The number of rotatable bonds is 4. The molecule has 0 aliphatic rings. The second-order valence-corrected chi connectivity index (χ2v) is 7.45. The normalized spacial score (nSPS) is 10.8. The molecule has 1 aromatic heterocycles. The van der Waals surface area contributed by atoms with Crippen molar-refractivity contribution in [1.29, 1.82) is 5.26 Å². The number of nitriles is 1. The molecule has 0 saturated carbocycles. The minimum Gasteiger partial charge on any atom is -0.306 e. The molecule has 1 heterocycles. The van der Waals surface area contributed by atoms with Gasteiger partial charge in [-0.15, -0.1) is 0 Å². The van der Waals surface area contributed by atoms with Crippen LogP contribution in [0.15, 0.2) is 67.7 Å². The molecule has 0 aliphatic heterocycles. The summed E-state index contributed by atoms with van der Waals surface area (Å²) in [4.78, 5) is 29.3. The van der Waals surface area contributed by atoms with Crippen LogP contribution < -0.4 is 10.9 Å². The number of aryl methyl sites for hydroxylation is 1. The predicted molar refractivity (Wildman–Crippen MR) is 113 cm³/mol. The van der Waals surface area contributed by atoms with Gasteiger partial charge in [0.05, 0.1) is 11.3 Å². The van der Waals surface area contributed by atoms with Crippen LogP contribution in [-0.2, 0) is 0 Å². The van der Waals surface area contributed by atoms with Gasteiger partial charge in [-0.05, 0) is 67.2 Å². The van der Waals surface area contributed by atoms with Crippen LogP contribution in [0.3, 0.4) is 0 Å².